The minimum atomic E-state index is 1.23. The molecule has 19 heavy (non-hydrogen) atoms. The first-order valence-corrected chi connectivity index (χ1v) is 6.55. The van der Waals surface area contributed by atoms with Gasteiger partial charge >= 0.3 is 0 Å². The molecule has 0 spiro atoms. The Labute approximate surface area is 111 Å². The van der Waals surface area contributed by atoms with Crippen molar-refractivity contribution in [1.82, 2.24) is 0 Å². The summed E-state index contributed by atoms with van der Waals surface area (Å²) in [6.45, 7) is 2.18. The molecular weight excluding hydrogens is 230 g/mol. The zero-order valence-corrected chi connectivity index (χ0v) is 10.8. The first-order valence-electron chi connectivity index (χ1n) is 6.55. The third-order valence-electron chi connectivity index (χ3n) is 3.82. The van der Waals surface area contributed by atoms with E-state index in [1.165, 1.54) is 32.6 Å². The van der Waals surface area contributed by atoms with E-state index in [1.807, 2.05) is 0 Å². The summed E-state index contributed by atoms with van der Waals surface area (Å²) >= 11 is 0. The first kappa shape index (κ1) is 10.5. The van der Waals surface area contributed by atoms with Gasteiger partial charge in [-0.15, -0.1) is 0 Å². The second-order valence-electron chi connectivity index (χ2n) is 5.05. The van der Waals surface area contributed by atoms with Gasteiger partial charge < -0.3 is 0 Å². The number of hydrogen-bond donors (Lipinski definition) is 0. The van der Waals surface area contributed by atoms with Crippen LogP contribution in [0, 0.1) is 6.92 Å². The highest BCUT2D eigenvalue weighted by atomic mass is 14.8. The lowest BCUT2D eigenvalue weighted by molar-refractivity contribution is -0.510. The SMILES string of the molecule is Cc1cc2cc3cccc[n+]3cc2c2ccccc12. The van der Waals surface area contributed by atoms with E-state index in [4.69, 9.17) is 0 Å². The average molecular weight is 244 g/mol. The molecule has 90 valence electrons. The van der Waals surface area contributed by atoms with E-state index in [2.05, 4.69) is 78.3 Å². The van der Waals surface area contributed by atoms with Crippen molar-refractivity contribution in [1.29, 1.82) is 0 Å². The Morgan fingerprint density at radius 1 is 0.789 bits per heavy atom. The molecule has 4 aromatic rings. The van der Waals surface area contributed by atoms with Crippen LogP contribution in [0.2, 0.25) is 0 Å². The van der Waals surface area contributed by atoms with Crippen molar-refractivity contribution in [2.75, 3.05) is 0 Å². The van der Waals surface area contributed by atoms with Crippen LogP contribution in [0.25, 0.3) is 27.1 Å². The zero-order valence-electron chi connectivity index (χ0n) is 10.8. The topological polar surface area (TPSA) is 4.10 Å². The largest absolute Gasteiger partial charge is 0.211 e. The molecule has 0 fully saturated rings. The third-order valence-corrected chi connectivity index (χ3v) is 3.82. The highest BCUT2D eigenvalue weighted by Crippen LogP contribution is 2.27. The number of aromatic nitrogens is 1. The van der Waals surface area contributed by atoms with Crippen LogP contribution in [0.5, 0.6) is 0 Å². The van der Waals surface area contributed by atoms with Crippen molar-refractivity contribution in [2.45, 2.75) is 6.92 Å². The normalized spacial score (nSPS) is 11.4. The van der Waals surface area contributed by atoms with Gasteiger partial charge in [-0.3, -0.25) is 0 Å². The number of aryl methyl sites for hydroxylation is 1. The molecule has 0 unspecified atom stereocenters. The molecule has 0 saturated carbocycles. The predicted molar refractivity (Wildman–Crippen MR) is 79.4 cm³/mol. The Morgan fingerprint density at radius 3 is 2.47 bits per heavy atom. The van der Waals surface area contributed by atoms with Gasteiger partial charge in [-0.1, -0.05) is 30.3 Å². The maximum Gasteiger partial charge on any atom is 0.211 e. The summed E-state index contributed by atoms with van der Waals surface area (Å²) in [5.74, 6) is 0. The summed E-state index contributed by atoms with van der Waals surface area (Å²) in [7, 11) is 0. The molecule has 2 aromatic heterocycles. The number of pyridine rings is 2. The van der Waals surface area contributed by atoms with Gasteiger partial charge in [0.1, 0.15) is 0 Å². The molecule has 0 N–H and O–H groups in total. The van der Waals surface area contributed by atoms with Crippen molar-refractivity contribution in [3.05, 3.63) is 72.6 Å². The van der Waals surface area contributed by atoms with Crippen LogP contribution < -0.4 is 4.40 Å². The molecule has 0 atom stereocenters. The molecule has 2 heterocycles. The van der Waals surface area contributed by atoms with Crippen LogP contribution in [-0.2, 0) is 0 Å². The fraction of sp³-hybridized carbons (Fsp3) is 0.0556. The summed E-state index contributed by atoms with van der Waals surface area (Å²) in [6, 6.07) is 19.5. The van der Waals surface area contributed by atoms with Crippen LogP contribution >= 0.6 is 0 Å². The van der Waals surface area contributed by atoms with E-state index in [1.54, 1.807) is 0 Å². The van der Waals surface area contributed by atoms with Gasteiger partial charge in [0.2, 0.25) is 5.52 Å². The van der Waals surface area contributed by atoms with E-state index in [9.17, 15) is 0 Å². The number of rotatable bonds is 0. The smallest absolute Gasteiger partial charge is 0.167 e. The average Bonchev–Trinajstić information content (AvgIpc) is 2.46. The van der Waals surface area contributed by atoms with Crippen molar-refractivity contribution in [3.63, 3.8) is 0 Å². The second kappa shape index (κ2) is 3.79. The van der Waals surface area contributed by atoms with Gasteiger partial charge in [0.25, 0.3) is 0 Å². The van der Waals surface area contributed by atoms with Crippen molar-refractivity contribution < 1.29 is 4.40 Å². The van der Waals surface area contributed by atoms with Crippen LogP contribution in [0.3, 0.4) is 0 Å². The third kappa shape index (κ3) is 1.52. The number of nitrogens with zero attached hydrogens (tertiary/aromatic N) is 1. The summed E-state index contributed by atoms with van der Waals surface area (Å²) in [4.78, 5) is 0. The molecule has 0 aliphatic carbocycles. The summed E-state index contributed by atoms with van der Waals surface area (Å²) in [6.07, 6.45) is 4.33. The van der Waals surface area contributed by atoms with Gasteiger partial charge in [-0.05, 0) is 34.7 Å². The molecule has 0 bridgehead atoms. The van der Waals surface area contributed by atoms with E-state index in [0.29, 0.717) is 0 Å². The van der Waals surface area contributed by atoms with Crippen LogP contribution in [0.1, 0.15) is 5.56 Å². The predicted octanol–water partition coefficient (Wildman–Crippen LogP) is 4.04. The van der Waals surface area contributed by atoms with Gasteiger partial charge in [-0.2, -0.15) is 4.40 Å². The number of fused-ring (bicyclic) bond motifs is 4. The molecule has 0 radical (unpaired) electrons. The summed E-state index contributed by atoms with van der Waals surface area (Å²) in [5.41, 5.74) is 2.56. The van der Waals surface area contributed by atoms with E-state index in [0.717, 1.165) is 0 Å². The van der Waals surface area contributed by atoms with Gasteiger partial charge in [-0.25, -0.2) is 0 Å². The van der Waals surface area contributed by atoms with Crippen LogP contribution in [-0.4, -0.2) is 0 Å². The Balaban J connectivity index is 2.29. The highest BCUT2D eigenvalue weighted by molar-refractivity contribution is 6.08. The monoisotopic (exact) mass is 244 g/mol. The number of hydrogen-bond acceptors (Lipinski definition) is 0. The number of benzene rings is 2. The van der Waals surface area contributed by atoms with E-state index in [-0.39, 0.29) is 0 Å². The fourth-order valence-electron chi connectivity index (χ4n) is 2.88. The van der Waals surface area contributed by atoms with Gasteiger partial charge in [0.15, 0.2) is 12.4 Å². The molecule has 0 aliphatic heterocycles. The molecule has 1 nitrogen and oxygen atoms in total. The maximum atomic E-state index is 2.28. The molecular formula is C18H14N+. The van der Waals surface area contributed by atoms with Gasteiger partial charge in [0, 0.05) is 18.2 Å². The summed E-state index contributed by atoms with van der Waals surface area (Å²) < 4.78 is 2.18. The lowest BCUT2D eigenvalue weighted by atomic mass is 9.99. The zero-order chi connectivity index (χ0) is 12.8. The van der Waals surface area contributed by atoms with E-state index >= 15 is 0 Å². The lowest BCUT2D eigenvalue weighted by Gasteiger charge is -2.06. The Hall–Kier alpha value is -2.41. The first-order chi connectivity index (χ1) is 9.33. The molecule has 0 aliphatic rings. The van der Waals surface area contributed by atoms with E-state index < -0.39 is 0 Å². The maximum absolute atomic E-state index is 2.28. The molecule has 1 heteroatoms. The van der Waals surface area contributed by atoms with Gasteiger partial charge in [0.05, 0.1) is 5.39 Å². The van der Waals surface area contributed by atoms with Crippen molar-refractivity contribution in [2.24, 2.45) is 0 Å². The summed E-state index contributed by atoms with van der Waals surface area (Å²) in [5, 5.41) is 5.29. The van der Waals surface area contributed by atoms with Crippen LogP contribution in [0.15, 0.2) is 67.0 Å². The van der Waals surface area contributed by atoms with Crippen molar-refractivity contribution in [3.8, 4) is 0 Å². The second-order valence-corrected chi connectivity index (χ2v) is 5.05. The quantitative estimate of drug-likeness (QED) is 0.250. The standard InChI is InChI=1S/C18H14N/c1-13-10-14-11-15-6-4-5-9-19(15)12-18(14)17-8-3-2-7-16(13)17/h2-12H,1H3/q+1. The van der Waals surface area contributed by atoms with Crippen molar-refractivity contribution >= 4 is 27.1 Å². The highest BCUT2D eigenvalue weighted by Gasteiger charge is 2.09. The lowest BCUT2D eigenvalue weighted by Crippen LogP contribution is -2.19. The minimum absolute atomic E-state index is 1.23. The molecule has 0 saturated heterocycles. The fourth-order valence-corrected chi connectivity index (χ4v) is 2.88. The molecule has 2 aromatic carbocycles. The van der Waals surface area contributed by atoms with Crippen LogP contribution in [0.4, 0.5) is 0 Å². The Morgan fingerprint density at radius 2 is 1.58 bits per heavy atom. The minimum Gasteiger partial charge on any atom is -0.167 e. The molecule has 0 amide bonds. The molecule has 4 rings (SSSR count). The Bertz CT molecular complexity index is 922. The Kier molecular flexibility index (Phi) is 2.10.